The Bertz CT molecular complexity index is 1010. The van der Waals surface area contributed by atoms with Crippen molar-refractivity contribution in [3.8, 4) is 0 Å². The lowest BCUT2D eigenvalue weighted by Crippen LogP contribution is -2.35. The molecule has 138 valence electrons. The van der Waals surface area contributed by atoms with Crippen LogP contribution in [0.25, 0.3) is 0 Å². The summed E-state index contributed by atoms with van der Waals surface area (Å²) in [6, 6.07) is 12.4. The van der Waals surface area contributed by atoms with Crippen LogP contribution < -0.4 is 11.0 Å². The molecule has 0 aliphatic carbocycles. The molecule has 0 radical (unpaired) electrons. The molecule has 1 aliphatic rings. The second kappa shape index (κ2) is 7.85. The van der Waals surface area contributed by atoms with Crippen molar-refractivity contribution in [2.24, 2.45) is 5.10 Å². The normalized spacial score (nSPS) is 14.4. The van der Waals surface area contributed by atoms with E-state index in [2.05, 4.69) is 37.5 Å². The van der Waals surface area contributed by atoms with Gasteiger partial charge in [0.1, 0.15) is 0 Å². The first-order valence-electron chi connectivity index (χ1n) is 8.90. The van der Waals surface area contributed by atoms with Gasteiger partial charge in [-0.1, -0.05) is 30.3 Å². The Hall–Kier alpha value is -2.77. The quantitative estimate of drug-likeness (QED) is 0.528. The van der Waals surface area contributed by atoms with Gasteiger partial charge in [-0.05, 0) is 29.5 Å². The molecule has 0 atom stereocenters. The van der Waals surface area contributed by atoms with Gasteiger partial charge in [0, 0.05) is 30.9 Å². The Morgan fingerprint density at radius 3 is 2.96 bits per heavy atom. The number of hydrazone groups is 1. The van der Waals surface area contributed by atoms with Gasteiger partial charge in [-0.25, -0.2) is 10.4 Å². The number of thiophene rings is 1. The summed E-state index contributed by atoms with van der Waals surface area (Å²) in [5.41, 5.74) is 6.79. The minimum atomic E-state index is -0.0947. The van der Waals surface area contributed by atoms with E-state index in [1.807, 2.05) is 36.6 Å². The summed E-state index contributed by atoms with van der Waals surface area (Å²) in [5, 5.41) is 6.22. The molecule has 3 aromatic rings. The molecule has 4 rings (SSSR count). The first-order valence-corrected chi connectivity index (χ1v) is 9.78. The molecule has 0 bridgehead atoms. The van der Waals surface area contributed by atoms with Crippen LogP contribution in [-0.2, 0) is 19.5 Å². The summed E-state index contributed by atoms with van der Waals surface area (Å²) < 4.78 is 0. The lowest BCUT2D eigenvalue weighted by molar-refractivity contribution is 0.242. The third-order valence-corrected chi connectivity index (χ3v) is 5.60. The van der Waals surface area contributed by atoms with Gasteiger partial charge in [0.25, 0.3) is 5.56 Å². The van der Waals surface area contributed by atoms with Crippen molar-refractivity contribution in [1.29, 1.82) is 0 Å². The fourth-order valence-corrected chi connectivity index (χ4v) is 3.97. The molecule has 0 fully saturated rings. The van der Waals surface area contributed by atoms with Crippen molar-refractivity contribution < 1.29 is 0 Å². The number of H-pyrrole nitrogens is 1. The van der Waals surface area contributed by atoms with Gasteiger partial charge in [0.05, 0.1) is 17.5 Å². The smallest absolute Gasteiger partial charge is 0.257 e. The van der Waals surface area contributed by atoms with E-state index in [4.69, 9.17) is 0 Å². The van der Waals surface area contributed by atoms with Gasteiger partial charge in [0.15, 0.2) is 0 Å². The summed E-state index contributed by atoms with van der Waals surface area (Å²) in [7, 11) is 0. The van der Waals surface area contributed by atoms with Gasteiger partial charge in [-0.2, -0.15) is 5.10 Å². The average molecular weight is 379 g/mol. The minimum absolute atomic E-state index is 0.0947. The highest BCUT2D eigenvalue weighted by molar-refractivity contribution is 7.11. The molecular weight excluding hydrogens is 358 g/mol. The molecule has 3 heterocycles. The molecule has 6 nitrogen and oxygen atoms in total. The molecule has 2 N–H and O–H groups in total. The standard InChI is InChI=1S/C20H21N5OS/c1-14-8-10-27-18(14)11-21-24-20-22-17-7-9-25(13-16(17)19(26)23-20)12-15-5-3-2-4-6-15/h2-6,8,10-11H,7,9,12-13H2,1H3,(H2,22,23,24,26)/b21-11-. The number of aryl methyl sites for hydroxylation is 1. The highest BCUT2D eigenvalue weighted by Gasteiger charge is 2.21. The molecular formula is C20H21N5OS. The number of hydrogen-bond acceptors (Lipinski definition) is 6. The third kappa shape index (κ3) is 4.15. The van der Waals surface area contributed by atoms with E-state index < -0.39 is 0 Å². The number of fused-ring (bicyclic) bond motifs is 1. The molecule has 0 saturated carbocycles. The second-order valence-electron chi connectivity index (χ2n) is 6.62. The highest BCUT2D eigenvalue weighted by Crippen LogP contribution is 2.17. The first kappa shape index (κ1) is 17.6. The molecule has 7 heteroatoms. The van der Waals surface area contributed by atoms with E-state index in [9.17, 15) is 4.79 Å². The predicted octanol–water partition coefficient (Wildman–Crippen LogP) is 3.14. The molecule has 0 unspecified atom stereocenters. The number of hydrogen-bond donors (Lipinski definition) is 2. The van der Waals surface area contributed by atoms with Crippen LogP contribution in [0.3, 0.4) is 0 Å². The van der Waals surface area contributed by atoms with Crippen molar-refractivity contribution in [1.82, 2.24) is 14.9 Å². The van der Waals surface area contributed by atoms with Crippen molar-refractivity contribution in [2.45, 2.75) is 26.4 Å². The van der Waals surface area contributed by atoms with E-state index in [-0.39, 0.29) is 5.56 Å². The zero-order valence-electron chi connectivity index (χ0n) is 15.1. The molecule has 0 spiro atoms. The van der Waals surface area contributed by atoms with Gasteiger partial charge in [0.2, 0.25) is 5.95 Å². The molecule has 0 saturated heterocycles. The average Bonchev–Trinajstić information content (AvgIpc) is 3.08. The number of anilines is 1. The minimum Gasteiger partial charge on any atom is -0.294 e. The molecule has 1 aliphatic heterocycles. The van der Waals surface area contributed by atoms with Gasteiger partial charge in [-0.3, -0.25) is 14.7 Å². The van der Waals surface area contributed by atoms with Crippen LogP contribution in [0.15, 0.2) is 51.7 Å². The number of aromatic nitrogens is 2. The highest BCUT2D eigenvalue weighted by atomic mass is 32.1. The third-order valence-electron chi connectivity index (χ3n) is 4.65. The Balaban J connectivity index is 1.45. The van der Waals surface area contributed by atoms with Crippen LogP contribution in [0.5, 0.6) is 0 Å². The predicted molar refractivity (Wildman–Crippen MR) is 109 cm³/mol. The second-order valence-corrected chi connectivity index (χ2v) is 7.57. The summed E-state index contributed by atoms with van der Waals surface area (Å²) >= 11 is 1.62. The van der Waals surface area contributed by atoms with E-state index in [0.717, 1.165) is 35.6 Å². The SMILES string of the molecule is Cc1ccsc1/C=N\Nc1nc2c(c(=O)[nH]1)CN(Cc1ccccc1)CC2. The van der Waals surface area contributed by atoms with E-state index in [1.165, 1.54) is 11.1 Å². The van der Waals surface area contributed by atoms with Crippen LogP contribution in [-0.4, -0.2) is 27.6 Å². The van der Waals surface area contributed by atoms with Crippen LogP contribution in [0.1, 0.15) is 27.3 Å². The molecule has 1 aromatic carbocycles. The van der Waals surface area contributed by atoms with Crippen molar-refractivity contribution in [2.75, 3.05) is 12.0 Å². The maximum absolute atomic E-state index is 12.5. The maximum atomic E-state index is 12.5. The maximum Gasteiger partial charge on any atom is 0.257 e. The van der Waals surface area contributed by atoms with Crippen LogP contribution in [0.2, 0.25) is 0 Å². The van der Waals surface area contributed by atoms with Gasteiger partial charge in [-0.15, -0.1) is 11.3 Å². The summed E-state index contributed by atoms with van der Waals surface area (Å²) in [6.07, 6.45) is 2.51. The lowest BCUT2D eigenvalue weighted by atomic mass is 10.1. The zero-order valence-corrected chi connectivity index (χ0v) is 15.9. The number of nitrogens with one attached hydrogen (secondary N) is 2. The Kier molecular flexibility index (Phi) is 5.13. The number of aromatic amines is 1. The van der Waals surface area contributed by atoms with Crippen molar-refractivity contribution in [3.63, 3.8) is 0 Å². The van der Waals surface area contributed by atoms with Crippen LogP contribution in [0.4, 0.5) is 5.95 Å². The number of benzene rings is 1. The van der Waals surface area contributed by atoms with Crippen molar-refractivity contribution >= 4 is 23.5 Å². The summed E-state index contributed by atoms with van der Waals surface area (Å²) in [4.78, 5) is 23.2. The number of rotatable bonds is 5. The van der Waals surface area contributed by atoms with E-state index in [1.54, 1.807) is 17.6 Å². The van der Waals surface area contributed by atoms with Gasteiger partial charge >= 0.3 is 0 Å². The Morgan fingerprint density at radius 1 is 1.33 bits per heavy atom. The summed E-state index contributed by atoms with van der Waals surface area (Å²) in [5.74, 6) is 0.390. The van der Waals surface area contributed by atoms with Crippen LogP contribution >= 0.6 is 11.3 Å². The monoisotopic (exact) mass is 379 g/mol. The van der Waals surface area contributed by atoms with Crippen molar-refractivity contribution in [3.05, 3.63) is 79.4 Å². The Labute approximate surface area is 161 Å². The first-order chi connectivity index (χ1) is 13.2. The summed E-state index contributed by atoms with van der Waals surface area (Å²) in [6.45, 7) is 4.38. The van der Waals surface area contributed by atoms with Gasteiger partial charge < -0.3 is 0 Å². The van der Waals surface area contributed by atoms with E-state index >= 15 is 0 Å². The van der Waals surface area contributed by atoms with Crippen LogP contribution in [0, 0.1) is 6.92 Å². The molecule has 2 aromatic heterocycles. The Morgan fingerprint density at radius 2 is 2.19 bits per heavy atom. The molecule has 0 amide bonds. The largest absolute Gasteiger partial charge is 0.294 e. The fraction of sp³-hybridized carbons (Fsp3) is 0.250. The zero-order chi connectivity index (χ0) is 18.6. The van der Waals surface area contributed by atoms with E-state index in [0.29, 0.717) is 12.5 Å². The fourth-order valence-electron chi connectivity index (χ4n) is 3.18. The topological polar surface area (TPSA) is 73.4 Å². The molecule has 27 heavy (non-hydrogen) atoms. The lowest BCUT2D eigenvalue weighted by Gasteiger charge is -2.27. The number of nitrogens with zero attached hydrogens (tertiary/aromatic N) is 3.